The summed E-state index contributed by atoms with van der Waals surface area (Å²) in [6.07, 6.45) is 1.61. The summed E-state index contributed by atoms with van der Waals surface area (Å²) in [5.41, 5.74) is 9.44. The average Bonchev–Trinajstić information content (AvgIpc) is 2.72. The van der Waals surface area contributed by atoms with Gasteiger partial charge >= 0.3 is 0 Å². The third-order valence-corrected chi connectivity index (χ3v) is 5.41. The van der Waals surface area contributed by atoms with Crippen molar-refractivity contribution in [2.24, 2.45) is 5.73 Å². The lowest BCUT2D eigenvalue weighted by molar-refractivity contribution is 0.0981. The Hall–Kier alpha value is -3.18. The van der Waals surface area contributed by atoms with Gasteiger partial charge in [0, 0.05) is 33.9 Å². The summed E-state index contributed by atoms with van der Waals surface area (Å²) >= 11 is 6.34. The Morgan fingerprint density at radius 3 is 2.59 bits per heavy atom. The third kappa shape index (κ3) is 3.74. The molecule has 1 aliphatic rings. The molecule has 0 radical (unpaired) electrons. The van der Waals surface area contributed by atoms with Crippen molar-refractivity contribution in [3.05, 3.63) is 88.2 Å². The maximum Gasteiger partial charge on any atom is 0.258 e. The van der Waals surface area contributed by atoms with E-state index in [0.717, 1.165) is 29.7 Å². The first kappa shape index (κ1) is 19.2. The fraction of sp³-hybridized carbons (Fsp3) is 0.130. The Morgan fingerprint density at radius 2 is 1.83 bits per heavy atom. The Balaban J connectivity index is 1.72. The number of nitrogens with zero attached hydrogens (tertiary/aromatic N) is 1. The number of amides is 2. The van der Waals surface area contributed by atoms with E-state index in [4.69, 9.17) is 17.3 Å². The fourth-order valence-corrected chi connectivity index (χ4v) is 3.88. The SMILES string of the molecule is NC(=O)c1ccc(Cl)c(-c2ccc3c(c2)CCCN3C(=O)c2cccc(F)c2)c1. The van der Waals surface area contributed by atoms with Crippen molar-refractivity contribution in [2.45, 2.75) is 12.8 Å². The second kappa shape index (κ2) is 7.68. The zero-order chi connectivity index (χ0) is 20.5. The average molecular weight is 409 g/mol. The van der Waals surface area contributed by atoms with Crippen LogP contribution in [0.25, 0.3) is 11.1 Å². The van der Waals surface area contributed by atoms with E-state index in [0.29, 0.717) is 28.3 Å². The summed E-state index contributed by atoms with van der Waals surface area (Å²) < 4.78 is 13.5. The molecule has 0 saturated carbocycles. The van der Waals surface area contributed by atoms with E-state index in [1.807, 2.05) is 18.2 Å². The summed E-state index contributed by atoms with van der Waals surface area (Å²) in [5, 5.41) is 0.512. The molecule has 0 bridgehead atoms. The van der Waals surface area contributed by atoms with Crippen molar-refractivity contribution in [2.75, 3.05) is 11.4 Å². The van der Waals surface area contributed by atoms with Crippen molar-refractivity contribution >= 4 is 29.1 Å². The molecule has 4 rings (SSSR count). The van der Waals surface area contributed by atoms with Crippen molar-refractivity contribution < 1.29 is 14.0 Å². The first-order chi connectivity index (χ1) is 13.9. The van der Waals surface area contributed by atoms with Gasteiger partial charge < -0.3 is 10.6 Å². The van der Waals surface area contributed by atoms with Crippen LogP contribution in [0.4, 0.5) is 10.1 Å². The molecule has 1 heterocycles. The first-order valence-corrected chi connectivity index (χ1v) is 9.62. The third-order valence-electron chi connectivity index (χ3n) is 5.08. The second-order valence-corrected chi connectivity index (χ2v) is 7.38. The van der Waals surface area contributed by atoms with Gasteiger partial charge in [-0.05, 0) is 72.5 Å². The normalized spacial score (nSPS) is 13.1. The van der Waals surface area contributed by atoms with Gasteiger partial charge in [0.2, 0.25) is 5.91 Å². The first-order valence-electron chi connectivity index (χ1n) is 9.24. The number of primary amides is 1. The van der Waals surface area contributed by atoms with E-state index in [-0.39, 0.29) is 5.91 Å². The number of rotatable bonds is 3. The smallest absolute Gasteiger partial charge is 0.258 e. The standard InChI is InChI=1S/C23H18ClFN2O2/c24-20-8-6-16(22(26)28)13-19(20)14-7-9-21-15(11-14)4-2-10-27(21)23(29)17-3-1-5-18(25)12-17/h1,3,5-9,11-13H,2,4,10H2,(H2,26,28). The lowest BCUT2D eigenvalue weighted by Gasteiger charge is -2.30. The van der Waals surface area contributed by atoms with Crippen LogP contribution in [0.1, 0.15) is 32.7 Å². The zero-order valence-electron chi connectivity index (χ0n) is 15.5. The number of aryl methyl sites for hydroxylation is 1. The van der Waals surface area contributed by atoms with E-state index < -0.39 is 11.7 Å². The number of halogens is 2. The predicted molar refractivity (Wildman–Crippen MR) is 112 cm³/mol. The molecule has 0 spiro atoms. The minimum atomic E-state index is -0.521. The summed E-state index contributed by atoms with van der Waals surface area (Å²) in [7, 11) is 0. The molecule has 0 aliphatic carbocycles. The molecule has 1 aliphatic heterocycles. The molecule has 0 atom stereocenters. The van der Waals surface area contributed by atoms with Crippen molar-refractivity contribution in [3.8, 4) is 11.1 Å². The van der Waals surface area contributed by atoms with E-state index in [9.17, 15) is 14.0 Å². The van der Waals surface area contributed by atoms with Gasteiger partial charge in [0.05, 0.1) is 0 Å². The zero-order valence-corrected chi connectivity index (χ0v) is 16.2. The molecule has 2 N–H and O–H groups in total. The molecule has 0 aromatic heterocycles. The van der Waals surface area contributed by atoms with E-state index in [1.54, 1.807) is 29.2 Å². The van der Waals surface area contributed by atoms with Crippen LogP contribution in [0, 0.1) is 5.82 Å². The lowest BCUT2D eigenvalue weighted by Crippen LogP contribution is -2.35. The van der Waals surface area contributed by atoms with Crippen LogP contribution in [-0.4, -0.2) is 18.4 Å². The van der Waals surface area contributed by atoms with Gasteiger partial charge in [0.1, 0.15) is 5.82 Å². The monoisotopic (exact) mass is 408 g/mol. The number of fused-ring (bicyclic) bond motifs is 1. The van der Waals surface area contributed by atoms with Crippen LogP contribution in [-0.2, 0) is 6.42 Å². The van der Waals surface area contributed by atoms with E-state index in [1.165, 1.54) is 18.2 Å². The largest absolute Gasteiger partial charge is 0.366 e. The number of nitrogens with two attached hydrogens (primary N) is 1. The molecule has 29 heavy (non-hydrogen) atoms. The summed E-state index contributed by atoms with van der Waals surface area (Å²) in [6.45, 7) is 0.569. The topological polar surface area (TPSA) is 63.4 Å². The van der Waals surface area contributed by atoms with Gasteiger partial charge in [-0.25, -0.2) is 4.39 Å². The van der Waals surface area contributed by atoms with Crippen LogP contribution in [0.5, 0.6) is 0 Å². The molecule has 0 saturated heterocycles. The van der Waals surface area contributed by atoms with Gasteiger partial charge in [-0.1, -0.05) is 23.7 Å². The molecule has 6 heteroatoms. The molecule has 0 unspecified atom stereocenters. The lowest BCUT2D eigenvalue weighted by atomic mass is 9.95. The molecular formula is C23H18ClFN2O2. The van der Waals surface area contributed by atoms with Crippen LogP contribution >= 0.6 is 11.6 Å². The Labute approximate surface area is 172 Å². The Kier molecular flexibility index (Phi) is 5.07. The van der Waals surface area contributed by atoms with Crippen LogP contribution in [0.15, 0.2) is 60.7 Å². The molecule has 0 fully saturated rings. The number of carbonyl (C=O) groups excluding carboxylic acids is 2. The summed E-state index contributed by atoms with van der Waals surface area (Å²) in [5.74, 6) is -1.19. The molecule has 2 amide bonds. The van der Waals surface area contributed by atoms with Gasteiger partial charge in [-0.3, -0.25) is 9.59 Å². The second-order valence-electron chi connectivity index (χ2n) is 6.97. The highest BCUT2D eigenvalue weighted by Crippen LogP contribution is 2.35. The van der Waals surface area contributed by atoms with E-state index in [2.05, 4.69) is 0 Å². The molecule has 146 valence electrons. The summed E-state index contributed by atoms with van der Waals surface area (Å²) in [6, 6.07) is 16.3. The maximum absolute atomic E-state index is 13.5. The molecule has 3 aromatic rings. The highest BCUT2D eigenvalue weighted by molar-refractivity contribution is 6.33. The maximum atomic E-state index is 13.5. The number of hydrogen-bond acceptors (Lipinski definition) is 2. The highest BCUT2D eigenvalue weighted by atomic mass is 35.5. The quantitative estimate of drug-likeness (QED) is 0.674. The number of benzene rings is 3. The minimum absolute atomic E-state index is 0.230. The molecule has 4 nitrogen and oxygen atoms in total. The van der Waals surface area contributed by atoms with Crippen LogP contribution in [0.3, 0.4) is 0 Å². The fourth-order valence-electron chi connectivity index (χ4n) is 3.65. The highest BCUT2D eigenvalue weighted by Gasteiger charge is 2.24. The van der Waals surface area contributed by atoms with Crippen LogP contribution < -0.4 is 10.6 Å². The van der Waals surface area contributed by atoms with Gasteiger partial charge in [0.25, 0.3) is 5.91 Å². The minimum Gasteiger partial charge on any atom is -0.366 e. The molecule has 3 aromatic carbocycles. The number of carbonyl (C=O) groups is 2. The molecular weight excluding hydrogens is 391 g/mol. The van der Waals surface area contributed by atoms with E-state index >= 15 is 0 Å². The Bertz CT molecular complexity index is 1130. The number of hydrogen-bond donors (Lipinski definition) is 1. The van der Waals surface area contributed by atoms with Gasteiger partial charge in [0.15, 0.2) is 0 Å². The van der Waals surface area contributed by atoms with Crippen molar-refractivity contribution in [1.29, 1.82) is 0 Å². The summed E-state index contributed by atoms with van der Waals surface area (Å²) in [4.78, 5) is 26.1. The predicted octanol–water partition coefficient (Wildman–Crippen LogP) is 4.84. The Morgan fingerprint density at radius 1 is 1.00 bits per heavy atom. The number of anilines is 1. The van der Waals surface area contributed by atoms with Crippen molar-refractivity contribution in [1.82, 2.24) is 0 Å². The van der Waals surface area contributed by atoms with Crippen LogP contribution in [0.2, 0.25) is 5.02 Å². The van der Waals surface area contributed by atoms with Gasteiger partial charge in [-0.2, -0.15) is 0 Å². The van der Waals surface area contributed by atoms with Crippen molar-refractivity contribution in [3.63, 3.8) is 0 Å². The van der Waals surface area contributed by atoms with Gasteiger partial charge in [-0.15, -0.1) is 0 Å².